The number of carbonyl (C=O) groups is 1. The lowest BCUT2D eigenvalue weighted by molar-refractivity contribution is 0.0924. The van der Waals surface area contributed by atoms with E-state index in [4.69, 9.17) is 0 Å². The number of hydrogen-bond donors (Lipinski definition) is 1. The zero-order chi connectivity index (χ0) is 19.3. The molecule has 0 spiro atoms. The molecule has 1 saturated heterocycles. The van der Waals surface area contributed by atoms with Gasteiger partial charge in [-0.05, 0) is 42.5 Å². The highest BCUT2D eigenvalue weighted by molar-refractivity contribution is 7.89. The summed E-state index contributed by atoms with van der Waals surface area (Å²) in [7, 11) is -3.15. The maximum atomic E-state index is 12.5. The maximum Gasteiger partial charge on any atom is 0.251 e. The van der Waals surface area contributed by atoms with Crippen LogP contribution in [0.5, 0.6) is 0 Å². The number of nitrogens with one attached hydrogen (secondary N) is 1. The largest absolute Gasteiger partial charge is 0.349 e. The lowest BCUT2D eigenvalue weighted by Gasteiger charge is -2.31. The predicted molar refractivity (Wildman–Crippen MR) is 108 cm³/mol. The molecule has 1 aliphatic heterocycles. The van der Waals surface area contributed by atoms with Crippen LogP contribution in [0, 0.1) is 0 Å². The Morgan fingerprint density at radius 2 is 1.59 bits per heavy atom. The third-order valence-electron chi connectivity index (χ3n) is 4.90. The molecule has 2 aromatic carbocycles. The van der Waals surface area contributed by atoms with Crippen molar-refractivity contribution in [3.63, 3.8) is 0 Å². The molecule has 1 heterocycles. The van der Waals surface area contributed by atoms with Crippen molar-refractivity contribution in [3.8, 4) is 11.1 Å². The summed E-state index contributed by atoms with van der Waals surface area (Å²) >= 11 is 0. The lowest BCUT2D eigenvalue weighted by Crippen LogP contribution is -2.47. The van der Waals surface area contributed by atoms with Gasteiger partial charge in [-0.1, -0.05) is 49.4 Å². The SMILES string of the molecule is CCCS(=O)(=O)N1CCC(NC(=O)c2ccc(-c3ccccc3)cc2)CC1. The molecule has 27 heavy (non-hydrogen) atoms. The van der Waals surface area contributed by atoms with Crippen LogP contribution in [0.3, 0.4) is 0 Å². The summed E-state index contributed by atoms with van der Waals surface area (Å²) in [5.41, 5.74) is 2.81. The number of carbonyl (C=O) groups excluding carboxylic acids is 1. The van der Waals surface area contributed by atoms with Crippen LogP contribution in [-0.4, -0.2) is 43.5 Å². The van der Waals surface area contributed by atoms with E-state index in [1.54, 1.807) is 4.31 Å². The maximum absolute atomic E-state index is 12.5. The molecule has 6 heteroatoms. The molecule has 0 aliphatic carbocycles. The highest BCUT2D eigenvalue weighted by Crippen LogP contribution is 2.20. The first-order chi connectivity index (χ1) is 13.0. The van der Waals surface area contributed by atoms with Gasteiger partial charge in [0.1, 0.15) is 0 Å². The Morgan fingerprint density at radius 1 is 1.00 bits per heavy atom. The first-order valence-corrected chi connectivity index (χ1v) is 11.0. The second-order valence-electron chi connectivity index (χ2n) is 6.91. The van der Waals surface area contributed by atoms with Crippen molar-refractivity contribution in [1.29, 1.82) is 0 Å². The van der Waals surface area contributed by atoms with E-state index in [2.05, 4.69) is 5.32 Å². The topological polar surface area (TPSA) is 66.5 Å². The minimum atomic E-state index is -3.15. The smallest absolute Gasteiger partial charge is 0.251 e. The average Bonchev–Trinajstić information content (AvgIpc) is 2.69. The highest BCUT2D eigenvalue weighted by atomic mass is 32.2. The zero-order valence-corrected chi connectivity index (χ0v) is 16.4. The summed E-state index contributed by atoms with van der Waals surface area (Å²) in [4.78, 5) is 12.5. The second kappa shape index (κ2) is 8.67. The number of nitrogens with zero attached hydrogens (tertiary/aromatic N) is 1. The van der Waals surface area contributed by atoms with Gasteiger partial charge in [-0.15, -0.1) is 0 Å². The van der Waals surface area contributed by atoms with E-state index in [-0.39, 0.29) is 17.7 Å². The van der Waals surface area contributed by atoms with Crippen LogP contribution < -0.4 is 5.32 Å². The number of benzene rings is 2. The number of piperidine rings is 1. The molecule has 0 aromatic heterocycles. The summed E-state index contributed by atoms with van der Waals surface area (Å²) in [5, 5.41) is 3.04. The number of hydrogen-bond acceptors (Lipinski definition) is 3. The Balaban J connectivity index is 1.56. The van der Waals surface area contributed by atoms with Crippen molar-refractivity contribution in [1.82, 2.24) is 9.62 Å². The Hall–Kier alpha value is -2.18. The van der Waals surface area contributed by atoms with Crippen molar-refractivity contribution >= 4 is 15.9 Å². The number of sulfonamides is 1. The number of rotatable bonds is 6. The summed E-state index contributed by atoms with van der Waals surface area (Å²) < 4.78 is 25.8. The molecular formula is C21H26N2O3S. The van der Waals surface area contributed by atoms with Crippen molar-refractivity contribution in [3.05, 3.63) is 60.2 Å². The van der Waals surface area contributed by atoms with Crippen molar-refractivity contribution in [2.75, 3.05) is 18.8 Å². The van der Waals surface area contributed by atoms with E-state index < -0.39 is 10.0 Å². The van der Waals surface area contributed by atoms with Crippen LogP contribution in [0.1, 0.15) is 36.5 Å². The van der Waals surface area contributed by atoms with E-state index in [0.29, 0.717) is 37.9 Å². The summed E-state index contributed by atoms with van der Waals surface area (Å²) in [6, 6.07) is 17.6. The average molecular weight is 387 g/mol. The monoisotopic (exact) mass is 386 g/mol. The minimum Gasteiger partial charge on any atom is -0.349 e. The first kappa shape index (κ1) is 19.6. The van der Waals surface area contributed by atoms with Crippen LogP contribution in [0.15, 0.2) is 54.6 Å². The lowest BCUT2D eigenvalue weighted by atomic mass is 10.0. The molecule has 0 atom stereocenters. The summed E-state index contributed by atoms with van der Waals surface area (Å²) in [6.45, 7) is 2.81. The van der Waals surface area contributed by atoms with Crippen LogP contribution in [0.2, 0.25) is 0 Å². The molecule has 0 unspecified atom stereocenters. The van der Waals surface area contributed by atoms with Gasteiger partial charge in [-0.25, -0.2) is 12.7 Å². The van der Waals surface area contributed by atoms with Crippen LogP contribution >= 0.6 is 0 Å². The third-order valence-corrected chi connectivity index (χ3v) is 6.97. The van der Waals surface area contributed by atoms with Gasteiger partial charge in [0.25, 0.3) is 5.91 Å². The predicted octanol–water partition coefficient (Wildman–Crippen LogP) is 3.29. The van der Waals surface area contributed by atoms with Crippen LogP contribution in [-0.2, 0) is 10.0 Å². The van der Waals surface area contributed by atoms with Gasteiger partial charge < -0.3 is 5.32 Å². The molecule has 2 aromatic rings. The molecule has 3 rings (SSSR count). The minimum absolute atomic E-state index is 0.0133. The molecule has 1 N–H and O–H groups in total. The van der Waals surface area contributed by atoms with Gasteiger partial charge in [0.05, 0.1) is 5.75 Å². The molecule has 0 saturated carbocycles. The van der Waals surface area contributed by atoms with Gasteiger partial charge >= 0.3 is 0 Å². The fourth-order valence-corrected chi connectivity index (χ4v) is 4.92. The molecule has 1 aliphatic rings. The zero-order valence-electron chi connectivity index (χ0n) is 15.6. The summed E-state index contributed by atoms with van der Waals surface area (Å²) in [6.07, 6.45) is 1.92. The molecular weight excluding hydrogens is 360 g/mol. The van der Waals surface area contributed by atoms with E-state index in [1.807, 2.05) is 61.5 Å². The molecule has 144 valence electrons. The fraction of sp³-hybridized carbons (Fsp3) is 0.381. The Kier molecular flexibility index (Phi) is 6.29. The van der Waals surface area contributed by atoms with Crippen molar-refractivity contribution < 1.29 is 13.2 Å². The third kappa shape index (κ3) is 4.96. The molecule has 0 bridgehead atoms. The van der Waals surface area contributed by atoms with E-state index in [1.165, 1.54) is 0 Å². The van der Waals surface area contributed by atoms with E-state index in [0.717, 1.165) is 11.1 Å². The Bertz CT molecular complexity index is 856. The summed E-state index contributed by atoms with van der Waals surface area (Å²) in [5.74, 6) is 0.0853. The van der Waals surface area contributed by atoms with Gasteiger partial charge in [-0.3, -0.25) is 4.79 Å². The van der Waals surface area contributed by atoms with Crippen LogP contribution in [0.4, 0.5) is 0 Å². The van der Waals surface area contributed by atoms with Gasteiger partial charge in [0.2, 0.25) is 10.0 Å². The Morgan fingerprint density at radius 3 is 2.19 bits per heavy atom. The molecule has 5 nitrogen and oxygen atoms in total. The van der Waals surface area contributed by atoms with E-state index >= 15 is 0 Å². The van der Waals surface area contributed by atoms with Gasteiger partial charge in [-0.2, -0.15) is 0 Å². The van der Waals surface area contributed by atoms with Gasteiger partial charge in [0.15, 0.2) is 0 Å². The second-order valence-corrected chi connectivity index (χ2v) is 8.99. The van der Waals surface area contributed by atoms with Crippen molar-refractivity contribution in [2.24, 2.45) is 0 Å². The fourth-order valence-electron chi connectivity index (χ4n) is 3.38. The normalized spacial score (nSPS) is 16.2. The van der Waals surface area contributed by atoms with E-state index in [9.17, 15) is 13.2 Å². The van der Waals surface area contributed by atoms with Crippen LogP contribution in [0.25, 0.3) is 11.1 Å². The quantitative estimate of drug-likeness (QED) is 0.828. The highest BCUT2D eigenvalue weighted by Gasteiger charge is 2.28. The van der Waals surface area contributed by atoms with Gasteiger partial charge in [0, 0.05) is 24.7 Å². The Labute approximate surface area is 161 Å². The van der Waals surface area contributed by atoms with Crippen molar-refractivity contribution in [2.45, 2.75) is 32.2 Å². The number of amides is 1. The molecule has 0 radical (unpaired) electrons. The molecule has 1 fully saturated rings. The molecule has 1 amide bonds. The first-order valence-electron chi connectivity index (χ1n) is 9.44. The standard InChI is InChI=1S/C21H26N2O3S/c1-2-16-27(25,26)23-14-12-20(13-15-23)22-21(24)19-10-8-18(9-11-19)17-6-4-3-5-7-17/h3-11,20H,2,12-16H2,1H3,(H,22,24).